The Bertz CT molecular complexity index is 190. The summed E-state index contributed by atoms with van der Waals surface area (Å²) in [5.41, 5.74) is 0. The van der Waals surface area contributed by atoms with Crippen LogP contribution in [0.25, 0.3) is 0 Å². The summed E-state index contributed by atoms with van der Waals surface area (Å²) >= 11 is 0. The SMILES string of the molecule is CCCC(CCC)N1CCCC(OC=O)C1. The van der Waals surface area contributed by atoms with Gasteiger partial charge in [-0.1, -0.05) is 26.7 Å². The number of hydrogen-bond donors (Lipinski definition) is 0. The van der Waals surface area contributed by atoms with Crippen LogP contribution in [0.3, 0.4) is 0 Å². The average Bonchev–Trinajstić information content (AvgIpc) is 2.30. The van der Waals surface area contributed by atoms with Crippen LogP contribution in [0.2, 0.25) is 0 Å². The van der Waals surface area contributed by atoms with E-state index in [9.17, 15) is 4.79 Å². The molecule has 0 aromatic heterocycles. The molecule has 1 rings (SSSR count). The third-order valence-electron chi connectivity index (χ3n) is 3.42. The summed E-state index contributed by atoms with van der Waals surface area (Å²) in [6.07, 6.45) is 7.31. The van der Waals surface area contributed by atoms with Crippen molar-refractivity contribution in [3.05, 3.63) is 0 Å². The van der Waals surface area contributed by atoms with E-state index in [0.717, 1.165) is 19.4 Å². The van der Waals surface area contributed by atoms with E-state index in [4.69, 9.17) is 4.74 Å². The minimum absolute atomic E-state index is 0.127. The lowest BCUT2D eigenvalue weighted by molar-refractivity contribution is -0.136. The Morgan fingerprint density at radius 1 is 1.38 bits per heavy atom. The molecule has 0 aromatic rings. The first-order valence-electron chi connectivity index (χ1n) is 6.64. The second-order valence-corrected chi connectivity index (χ2v) is 4.72. The minimum Gasteiger partial charge on any atom is -0.463 e. The molecular formula is C13H25NO2. The minimum atomic E-state index is 0.127. The highest BCUT2D eigenvalue weighted by Crippen LogP contribution is 2.20. The molecule has 3 nitrogen and oxygen atoms in total. The number of carbonyl (C=O) groups is 1. The van der Waals surface area contributed by atoms with Gasteiger partial charge in [0.15, 0.2) is 0 Å². The Balaban J connectivity index is 2.44. The fourth-order valence-corrected chi connectivity index (χ4v) is 2.66. The van der Waals surface area contributed by atoms with Gasteiger partial charge in [-0.2, -0.15) is 0 Å². The predicted octanol–water partition coefficient (Wildman–Crippen LogP) is 2.59. The zero-order valence-electron chi connectivity index (χ0n) is 10.7. The monoisotopic (exact) mass is 227 g/mol. The first kappa shape index (κ1) is 13.5. The number of ether oxygens (including phenoxy) is 1. The van der Waals surface area contributed by atoms with Gasteiger partial charge in [0, 0.05) is 12.6 Å². The molecular weight excluding hydrogens is 202 g/mol. The van der Waals surface area contributed by atoms with Gasteiger partial charge in [-0.15, -0.1) is 0 Å². The standard InChI is InChI=1S/C13H25NO2/c1-3-6-12(7-4-2)14-9-5-8-13(10-14)16-11-15/h11-13H,3-10H2,1-2H3. The summed E-state index contributed by atoms with van der Waals surface area (Å²) in [7, 11) is 0. The molecule has 1 heterocycles. The molecule has 0 N–H and O–H groups in total. The quantitative estimate of drug-likeness (QED) is 0.626. The summed E-state index contributed by atoms with van der Waals surface area (Å²) in [6.45, 7) is 7.19. The van der Waals surface area contributed by atoms with E-state index in [-0.39, 0.29) is 6.10 Å². The van der Waals surface area contributed by atoms with E-state index in [2.05, 4.69) is 18.7 Å². The molecule has 1 saturated heterocycles. The Labute approximate surface area is 99.1 Å². The van der Waals surface area contributed by atoms with Gasteiger partial charge >= 0.3 is 0 Å². The van der Waals surface area contributed by atoms with E-state index >= 15 is 0 Å². The van der Waals surface area contributed by atoms with Crippen molar-refractivity contribution < 1.29 is 9.53 Å². The molecule has 0 bridgehead atoms. The van der Waals surface area contributed by atoms with Gasteiger partial charge in [-0.25, -0.2) is 0 Å². The number of nitrogens with zero attached hydrogens (tertiary/aromatic N) is 1. The fraction of sp³-hybridized carbons (Fsp3) is 0.923. The van der Waals surface area contributed by atoms with E-state index in [1.807, 2.05) is 0 Å². The van der Waals surface area contributed by atoms with Gasteiger partial charge < -0.3 is 4.74 Å². The van der Waals surface area contributed by atoms with Crippen molar-refractivity contribution in [1.82, 2.24) is 4.90 Å². The normalized spacial score (nSPS) is 22.3. The number of carbonyl (C=O) groups excluding carboxylic acids is 1. The summed E-state index contributed by atoms with van der Waals surface area (Å²) in [6, 6.07) is 0.688. The number of piperidine rings is 1. The molecule has 1 aliphatic heterocycles. The summed E-state index contributed by atoms with van der Waals surface area (Å²) in [5.74, 6) is 0. The van der Waals surface area contributed by atoms with Crippen molar-refractivity contribution in [2.24, 2.45) is 0 Å². The highest BCUT2D eigenvalue weighted by Gasteiger charge is 2.25. The number of likely N-dealkylation sites (tertiary alicyclic amines) is 1. The molecule has 1 unspecified atom stereocenters. The molecule has 0 aliphatic carbocycles. The highest BCUT2D eigenvalue weighted by atomic mass is 16.5. The van der Waals surface area contributed by atoms with Crippen LogP contribution in [0.15, 0.2) is 0 Å². The van der Waals surface area contributed by atoms with Crippen LogP contribution in [0.5, 0.6) is 0 Å². The maximum atomic E-state index is 10.4. The average molecular weight is 227 g/mol. The lowest BCUT2D eigenvalue weighted by atomic mass is 10.00. The van der Waals surface area contributed by atoms with Crippen LogP contribution in [-0.2, 0) is 9.53 Å². The van der Waals surface area contributed by atoms with Gasteiger partial charge in [-0.3, -0.25) is 9.69 Å². The molecule has 0 spiro atoms. The van der Waals surface area contributed by atoms with Crippen molar-refractivity contribution in [3.63, 3.8) is 0 Å². The third-order valence-corrected chi connectivity index (χ3v) is 3.42. The smallest absolute Gasteiger partial charge is 0.293 e. The Morgan fingerprint density at radius 3 is 2.62 bits per heavy atom. The maximum absolute atomic E-state index is 10.4. The number of hydrogen-bond acceptors (Lipinski definition) is 3. The highest BCUT2D eigenvalue weighted by molar-refractivity contribution is 5.37. The Kier molecular flexibility index (Phi) is 6.46. The van der Waals surface area contributed by atoms with Crippen LogP contribution >= 0.6 is 0 Å². The lowest BCUT2D eigenvalue weighted by Crippen LogP contribution is -2.45. The predicted molar refractivity (Wildman–Crippen MR) is 65.3 cm³/mol. The van der Waals surface area contributed by atoms with Crippen LogP contribution in [0.1, 0.15) is 52.4 Å². The van der Waals surface area contributed by atoms with Crippen LogP contribution in [0, 0.1) is 0 Å². The zero-order chi connectivity index (χ0) is 11.8. The van der Waals surface area contributed by atoms with Gasteiger partial charge in [0.1, 0.15) is 6.10 Å². The van der Waals surface area contributed by atoms with Crippen molar-refractivity contribution in [1.29, 1.82) is 0 Å². The Morgan fingerprint density at radius 2 is 2.06 bits per heavy atom. The van der Waals surface area contributed by atoms with Crippen LogP contribution in [-0.4, -0.2) is 36.6 Å². The zero-order valence-corrected chi connectivity index (χ0v) is 10.7. The summed E-state index contributed by atoms with van der Waals surface area (Å²) < 4.78 is 5.10. The van der Waals surface area contributed by atoms with Crippen molar-refractivity contribution >= 4 is 6.47 Å². The lowest BCUT2D eigenvalue weighted by Gasteiger charge is -2.37. The fourth-order valence-electron chi connectivity index (χ4n) is 2.66. The van der Waals surface area contributed by atoms with Gasteiger partial charge in [0.05, 0.1) is 0 Å². The molecule has 0 radical (unpaired) electrons. The second-order valence-electron chi connectivity index (χ2n) is 4.72. The number of rotatable bonds is 7. The van der Waals surface area contributed by atoms with E-state index in [1.54, 1.807) is 0 Å². The van der Waals surface area contributed by atoms with Crippen molar-refractivity contribution in [3.8, 4) is 0 Å². The first-order chi connectivity index (χ1) is 7.81. The van der Waals surface area contributed by atoms with Gasteiger partial charge in [-0.05, 0) is 32.2 Å². The summed E-state index contributed by atoms with van der Waals surface area (Å²) in [5, 5.41) is 0. The molecule has 0 amide bonds. The molecule has 0 aromatic carbocycles. The second kappa shape index (κ2) is 7.66. The molecule has 1 fully saturated rings. The summed E-state index contributed by atoms with van der Waals surface area (Å²) in [4.78, 5) is 12.9. The van der Waals surface area contributed by atoms with Crippen LogP contribution in [0.4, 0.5) is 0 Å². The van der Waals surface area contributed by atoms with Gasteiger partial charge in [0.25, 0.3) is 6.47 Å². The molecule has 94 valence electrons. The van der Waals surface area contributed by atoms with Crippen molar-refractivity contribution in [2.45, 2.75) is 64.5 Å². The van der Waals surface area contributed by atoms with Crippen molar-refractivity contribution in [2.75, 3.05) is 13.1 Å². The topological polar surface area (TPSA) is 29.5 Å². The van der Waals surface area contributed by atoms with Crippen LogP contribution < -0.4 is 0 Å². The molecule has 3 heteroatoms. The molecule has 16 heavy (non-hydrogen) atoms. The van der Waals surface area contributed by atoms with E-state index in [0.29, 0.717) is 12.5 Å². The van der Waals surface area contributed by atoms with E-state index in [1.165, 1.54) is 32.2 Å². The van der Waals surface area contributed by atoms with Gasteiger partial charge in [0.2, 0.25) is 0 Å². The molecule has 0 saturated carbocycles. The van der Waals surface area contributed by atoms with E-state index < -0.39 is 0 Å². The maximum Gasteiger partial charge on any atom is 0.293 e. The molecule has 1 aliphatic rings. The first-order valence-corrected chi connectivity index (χ1v) is 6.64. The molecule has 1 atom stereocenters. The largest absolute Gasteiger partial charge is 0.463 e. The third kappa shape index (κ3) is 4.12. The Hall–Kier alpha value is -0.570.